The molecule has 0 aromatic heterocycles. The molecule has 3 heteroatoms. The topological polar surface area (TPSA) is 35.2 Å². The van der Waals surface area contributed by atoms with Crippen molar-refractivity contribution in [3.63, 3.8) is 0 Å². The van der Waals surface area contributed by atoms with E-state index in [1.54, 1.807) is 13.8 Å². The second-order valence-electron chi connectivity index (χ2n) is 2.51. The Bertz CT molecular complexity index is 85.1. The third kappa shape index (κ3) is 2.28. The molecule has 0 saturated heterocycles. The van der Waals surface area contributed by atoms with Crippen LogP contribution in [0.2, 0.25) is 0 Å². The highest BCUT2D eigenvalue weighted by Gasteiger charge is 2.27. The van der Waals surface area contributed by atoms with Gasteiger partial charge in [0.1, 0.15) is 6.17 Å². The van der Waals surface area contributed by atoms with Crippen LogP contribution in [0.3, 0.4) is 0 Å². The monoisotopic (exact) mass is 135 g/mol. The van der Waals surface area contributed by atoms with Crippen molar-refractivity contribution in [3.05, 3.63) is 0 Å². The molecule has 0 radical (unpaired) electrons. The largest absolute Gasteiger partial charge is 0.376 e. The van der Waals surface area contributed by atoms with Crippen molar-refractivity contribution in [1.29, 1.82) is 0 Å². The third-order valence-electron chi connectivity index (χ3n) is 1.49. The molecule has 9 heavy (non-hydrogen) atoms. The number of hydrogen-bond acceptors (Lipinski definition) is 2. The molecule has 0 aliphatic carbocycles. The van der Waals surface area contributed by atoms with Gasteiger partial charge in [-0.25, -0.2) is 4.39 Å². The van der Waals surface area contributed by atoms with Crippen LogP contribution < -0.4 is 5.73 Å². The van der Waals surface area contributed by atoms with Crippen LogP contribution in [0.25, 0.3) is 0 Å². The van der Waals surface area contributed by atoms with Crippen molar-refractivity contribution in [2.75, 3.05) is 13.7 Å². The first-order valence-corrected chi connectivity index (χ1v) is 2.94. The Balaban J connectivity index is 3.80. The lowest BCUT2D eigenvalue weighted by atomic mass is 10.0. The van der Waals surface area contributed by atoms with Crippen molar-refractivity contribution in [1.82, 2.24) is 0 Å². The maximum Gasteiger partial charge on any atom is 0.140 e. The quantitative estimate of drug-likeness (QED) is 0.618. The summed E-state index contributed by atoms with van der Waals surface area (Å²) in [6.45, 7) is 3.36. The number of hydrogen-bond donors (Lipinski definition) is 1. The Kier molecular flexibility index (Phi) is 3.08. The Morgan fingerprint density at radius 1 is 1.67 bits per heavy atom. The van der Waals surface area contributed by atoms with E-state index in [9.17, 15) is 4.39 Å². The lowest BCUT2D eigenvalue weighted by Crippen LogP contribution is -2.39. The summed E-state index contributed by atoms with van der Waals surface area (Å²) in [5.74, 6) is 0. The average Bonchev–Trinajstić information content (AvgIpc) is 1.86. The van der Waals surface area contributed by atoms with Crippen LogP contribution in [0.5, 0.6) is 0 Å². The second-order valence-corrected chi connectivity index (χ2v) is 2.51. The van der Waals surface area contributed by atoms with Crippen LogP contribution in [-0.2, 0) is 4.74 Å². The average molecular weight is 135 g/mol. The predicted molar refractivity (Wildman–Crippen MR) is 35.0 cm³/mol. The van der Waals surface area contributed by atoms with Gasteiger partial charge < -0.3 is 10.5 Å². The van der Waals surface area contributed by atoms with Crippen LogP contribution in [0.15, 0.2) is 0 Å². The van der Waals surface area contributed by atoms with Gasteiger partial charge in [-0.3, -0.25) is 0 Å². The predicted octanol–water partition coefficient (Wildman–Crippen LogP) is 0.708. The van der Waals surface area contributed by atoms with Crippen molar-refractivity contribution in [2.45, 2.75) is 25.6 Å². The van der Waals surface area contributed by atoms with Gasteiger partial charge >= 0.3 is 0 Å². The molecule has 0 unspecified atom stereocenters. The van der Waals surface area contributed by atoms with E-state index in [-0.39, 0.29) is 6.54 Å². The van der Waals surface area contributed by atoms with E-state index >= 15 is 0 Å². The van der Waals surface area contributed by atoms with E-state index in [4.69, 9.17) is 10.5 Å². The lowest BCUT2D eigenvalue weighted by molar-refractivity contribution is -0.0382. The van der Waals surface area contributed by atoms with Crippen LogP contribution in [0, 0.1) is 0 Å². The van der Waals surface area contributed by atoms with E-state index < -0.39 is 11.8 Å². The van der Waals surface area contributed by atoms with Crippen molar-refractivity contribution < 1.29 is 9.13 Å². The molecular formula is C6H14FNO. The Morgan fingerprint density at radius 3 is 2.22 bits per heavy atom. The minimum absolute atomic E-state index is 0.0147. The fourth-order valence-electron chi connectivity index (χ4n) is 0.412. The molecule has 56 valence electrons. The zero-order valence-electron chi connectivity index (χ0n) is 6.15. The molecule has 0 amide bonds. The first-order chi connectivity index (χ1) is 4.04. The first kappa shape index (κ1) is 8.85. The van der Waals surface area contributed by atoms with Crippen molar-refractivity contribution in [3.8, 4) is 0 Å². The molecule has 0 heterocycles. The van der Waals surface area contributed by atoms with E-state index in [0.29, 0.717) is 0 Å². The SMILES string of the molecule is COC(C)(C)[C@H](F)CN. The highest BCUT2D eigenvalue weighted by Crippen LogP contribution is 2.15. The fraction of sp³-hybridized carbons (Fsp3) is 1.00. The fourth-order valence-corrected chi connectivity index (χ4v) is 0.412. The van der Waals surface area contributed by atoms with Gasteiger partial charge in [0.05, 0.1) is 5.60 Å². The van der Waals surface area contributed by atoms with Gasteiger partial charge in [0.15, 0.2) is 0 Å². The molecule has 0 rings (SSSR count). The number of alkyl halides is 1. The molecule has 0 saturated carbocycles. The molecule has 0 fully saturated rings. The van der Waals surface area contributed by atoms with E-state index in [1.807, 2.05) is 0 Å². The van der Waals surface area contributed by atoms with E-state index in [1.165, 1.54) is 7.11 Å². The summed E-state index contributed by atoms with van der Waals surface area (Å²) >= 11 is 0. The van der Waals surface area contributed by atoms with Gasteiger partial charge in [-0.05, 0) is 13.8 Å². The zero-order chi connectivity index (χ0) is 7.49. The molecule has 0 aromatic rings. The molecule has 2 N–H and O–H groups in total. The number of rotatable bonds is 3. The highest BCUT2D eigenvalue weighted by atomic mass is 19.1. The Labute approximate surface area is 55.2 Å². The number of halogens is 1. The smallest absolute Gasteiger partial charge is 0.140 e. The van der Waals surface area contributed by atoms with Crippen LogP contribution >= 0.6 is 0 Å². The summed E-state index contributed by atoms with van der Waals surface area (Å²) in [7, 11) is 1.47. The van der Waals surface area contributed by atoms with Gasteiger partial charge in [-0.1, -0.05) is 0 Å². The van der Waals surface area contributed by atoms with Crippen LogP contribution in [0.1, 0.15) is 13.8 Å². The molecule has 1 atom stereocenters. The Hall–Kier alpha value is -0.150. The zero-order valence-corrected chi connectivity index (χ0v) is 6.15. The van der Waals surface area contributed by atoms with Crippen LogP contribution in [0.4, 0.5) is 4.39 Å². The number of nitrogens with two attached hydrogens (primary N) is 1. The van der Waals surface area contributed by atoms with Gasteiger partial charge in [0.2, 0.25) is 0 Å². The van der Waals surface area contributed by atoms with Gasteiger partial charge in [0.25, 0.3) is 0 Å². The van der Waals surface area contributed by atoms with E-state index in [2.05, 4.69) is 0 Å². The summed E-state index contributed by atoms with van der Waals surface area (Å²) in [6.07, 6.45) is -1.08. The maximum absolute atomic E-state index is 12.7. The number of ether oxygens (including phenoxy) is 1. The first-order valence-electron chi connectivity index (χ1n) is 2.94. The van der Waals surface area contributed by atoms with Crippen molar-refractivity contribution in [2.24, 2.45) is 5.73 Å². The normalized spacial score (nSPS) is 15.7. The Morgan fingerprint density at radius 2 is 2.11 bits per heavy atom. The molecule has 0 spiro atoms. The second kappa shape index (κ2) is 3.13. The maximum atomic E-state index is 12.7. The lowest BCUT2D eigenvalue weighted by Gasteiger charge is -2.25. The third-order valence-corrected chi connectivity index (χ3v) is 1.49. The van der Waals surface area contributed by atoms with E-state index in [0.717, 1.165) is 0 Å². The summed E-state index contributed by atoms with van der Waals surface area (Å²) < 4.78 is 17.5. The molecule has 0 aromatic carbocycles. The summed E-state index contributed by atoms with van der Waals surface area (Å²) in [5, 5.41) is 0. The summed E-state index contributed by atoms with van der Waals surface area (Å²) in [6, 6.07) is 0. The molecule has 0 aliphatic rings. The molecule has 0 aliphatic heterocycles. The minimum Gasteiger partial charge on any atom is -0.376 e. The van der Waals surface area contributed by atoms with Gasteiger partial charge in [0, 0.05) is 13.7 Å². The van der Waals surface area contributed by atoms with Crippen molar-refractivity contribution >= 4 is 0 Å². The van der Waals surface area contributed by atoms with Gasteiger partial charge in [-0.2, -0.15) is 0 Å². The van der Waals surface area contributed by atoms with Gasteiger partial charge in [-0.15, -0.1) is 0 Å². The molecular weight excluding hydrogens is 121 g/mol. The molecule has 0 bridgehead atoms. The summed E-state index contributed by atoms with van der Waals surface area (Å²) in [5.41, 5.74) is 4.34. The summed E-state index contributed by atoms with van der Waals surface area (Å²) in [4.78, 5) is 0. The van der Waals surface area contributed by atoms with Crippen LogP contribution in [-0.4, -0.2) is 25.4 Å². The molecule has 2 nitrogen and oxygen atoms in total. The minimum atomic E-state index is -1.08. The standard InChI is InChI=1S/C6H14FNO/c1-6(2,9-3)5(7)4-8/h5H,4,8H2,1-3H3/t5-/m1/s1. The number of methoxy groups -OCH3 is 1. The highest BCUT2D eigenvalue weighted by molar-refractivity contribution is 4.78.